The molecule has 1 fully saturated rings. The molecule has 0 aliphatic carbocycles. The lowest BCUT2D eigenvalue weighted by Gasteiger charge is -2.28. The second kappa shape index (κ2) is 7.09. The minimum atomic E-state index is -0.0582. The number of nitrogens with zero attached hydrogens (tertiary/aromatic N) is 1. The maximum Gasteiger partial charge on any atom is 0.252 e. The summed E-state index contributed by atoms with van der Waals surface area (Å²) in [6, 6.07) is 5.29. The number of piperidine rings is 1. The zero-order chi connectivity index (χ0) is 14.5. The van der Waals surface area contributed by atoms with Gasteiger partial charge in [-0.3, -0.25) is 4.79 Å². The highest BCUT2D eigenvalue weighted by Gasteiger charge is 2.17. The van der Waals surface area contributed by atoms with Crippen LogP contribution in [0.25, 0.3) is 0 Å². The number of halogens is 1. The first-order valence-electron chi connectivity index (χ1n) is 7.08. The van der Waals surface area contributed by atoms with Crippen molar-refractivity contribution < 1.29 is 4.79 Å². The van der Waals surface area contributed by atoms with Gasteiger partial charge in [-0.15, -0.1) is 0 Å². The lowest BCUT2D eigenvalue weighted by Crippen LogP contribution is -2.32. The van der Waals surface area contributed by atoms with Crippen molar-refractivity contribution >= 4 is 27.5 Å². The number of nitrogens with two attached hydrogens (primary N) is 1. The Morgan fingerprint density at radius 3 is 2.85 bits per heavy atom. The van der Waals surface area contributed by atoms with Crippen molar-refractivity contribution in [2.45, 2.75) is 19.3 Å². The number of hydrogen-bond donors (Lipinski definition) is 2. The summed E-state index contributed by atoms with van der Waals surface area (Å²) in [5.74, 6) is 0.674. The molecule has 0 aromatic heterocycles. The van der Waals surface area contributed by atoms with E-state index in [0.717, 1.165) is 23.4 Å². The normalized spacial score (nSPS) is 17.1. The zero-order valence-corrected chi connectivity index (χ0v) is 13.4. The molecule has 1 aromatic rings. The summed E-state index contributed by atoms with van der Waals surface area (Å²) in [6.45, 7) is 3.06. The van der Waals surface area contributed by atoms with Gasteiger partial charge in [-0.05, 0) is 79.4 Å². The van der Waals surface area contributed by atoms with E-state index in [1.54, 1.807) is 18.2 Å². The third-order valence-electron chi connectivity index (χ3n) is 3.91. The van der Waals surface area contributed by atoms with Crippen molar-refractivity contribution in [1.29, 1.82) is 0 Å². The average Bonchev–Trinajstić information content (AvgIpc) is 2.43. The van der Waals surface area contributed by atoms with Crippen LogP contribution in [0.5, 0.6) is 0 Å². The molecule has 1 heterocycles. The molecule has 1 amide bonds. The van der Waals surface area contributed by atoms with Crippen molar-refractivity contribution in [3.63, 3.8) is 0 Å². The summed E-state index contributed by atoms with van der Waals surface area (Å²) < 4.78 is 0.781. The fourth-order valence-corrected chi connectivity index (χ4v) is 2.98. The maximum atomic E-state index is 12.1. The molecule has 0 bridgehead atoms. The largest absolute Gasteiger partial charge is 0.399 e. The monoisotopic (exact) mass is 339 g/mol. The topological polar surface area (TPSA) is 58.4 Å². The highest BCUT2D eigenvalue weighted by Crippen LogP contribution is 2.20. The van der Waals surface area contributed by atoms with Crippen molar-refractivity contribution in [2.75, 3.05) is 32.4 Å². The Bertz CT molecular complexity index is 470. The number of hydrogen-bond acceptors (Lipinski definition) is 3. The fourth-order valence-electron chi connectivity index (χ4n) is 2.55. The van der Waals surface area contributed by atoms with E-state index in [1.165, 1.54) is 25.9 Å². The molecule has 0 radical (unpaired) electrons. The van der Waals surface area contributed by atoms with Crippen LogP contribution in [0.4, 0.5) is 5.69 Å². The highest BCUT2D eigenvalue weighted by atomic mass is 79.9. The first kappa shape index (κ1) is 15.3. The molecule has 1 aromatic carbocycles. The molecule has 1 aliphatic heterocycles. The summed E-state index contributed by atoms with van der Waals surface area (Å²) in [4.78, 5) is 14.5. The molecule has 2 rings (SSSR count). The predicted molar refractivity (Wildman–Crippen MR) is 85.7 cm³/mol. The van der Waals surface area contributed by atoms with Gasteiger partial charge in [0.25, 0.3) is 5.91 Å². The second-order valence-electron chi connectivity index (χ2n) is 5.53. The molecule has 1 saturated heterocycles. The number of rotatable bonds is 4. The lowest BCUT2D eigenvalue weighted by atomic mass is 9.94. The Morgan fingerprint density at radius 1 is 1.45 bits per heavy atom. The second-order valence-corrected chi connectivity index (χ2v) is 6.38. The minimum absolute atomic E-state index is 0.0582. The van der Waals surface area contributed by atoms with Gasteiger partial charge in [0.15, 0.2) is 0 Å². The predicted octanol–water partition coefficient (Wildman–Crippen LogP) is 2.49. The molecule has 1 aliphatic rings. The van der Waals surface area contributed by atoms with E-state index in [-0.39, 0.29) is 5.91 Å². The molecule has 0 atom stereocenters. The number of benzene rings is 1. The Morgan fingerprint density at radius 2 is 2.15 bits per heavy atom. The minimum Gasteiger partial charge on any atom is -0.399 e. The fraction of sp³-hybridized carbons (Fsp3) is 0.533. The van der Waals surface area contributed by atoms with Crippen molar-refractivity contribution in [3.8, 4) is 0 Å². The molecule has 0 unspecified atom stereocenters. The first-order chi connectivity index (χ1) is 9.56. The van der Waals surface area contributed by atoms with Gasteiger partial charge < -0.3 is 16.0 Å². The molecule has 5 heteroatoms. The number of nitrogen functional groups attached to an aromatic ring is 1. The van der Waals surface area contributed by atoms with Crippen LogP contribution >= 0.6 is 15.9 Å². The van der Waals surface area contributed by atoms with E-state index < -0.39 is 0 Å². The Balaban J connectivity index is 1.79. The van der Waals surface area contributed by atoms with Gasteiger partial charge >= 0.3 is 0 Å². The van der Waals surface area contributed by atoms with Crippen LogP contribution in [0.15, 0.2) is 22.7 Å². The molecule has 110 valence electrons. The Labute approximate surface area is 128 Å². The third-order valence-corrected chi connectivity index (χ3v) is 4.60. The number of carbonyl (C=O) groups is 1. The van der Waals surface area contributed by atoms with Crippen LogP contribution in [0.2, 0.25) is 0 Å². The number of carbonyl (C=O) groups excluding carboxylic acids is 1. The summed E-state index contributed by atoms with van der Waals surface area (Å²) >= 11 is 3.38. The summed E-state index contributed by atoms with van der Waals surface area (Å²) in [7, 11) is 2.16. The maximum absolute atomic E-state index is 12.1. The van der Waals surface area contributed by atoms with Gasteiger partial charge in [0.1, 0.15) is 0 Å². The Hall–Kier alpha value is -1.07. The summed E-state index contributed by atoms with van der Waals surface area (Å²) in [6.07, 6.45) is 3.52. The SMILES string of the molecule is CN1CCC(CCNC(=O)c2cc(N)ccc2Br)CC1. The van der Waals surface area contributed by atoms with Crippen LogP contribution in [0.3, 0.4) is 0 Å². The number of nitrogens with one attached hydrogen (secondary N) is 1. The van der Waals surface area contributed by atoms with Gasteiger partial charge in [0.2, 0.25) is 0 Å². The smallest absolute Gasteiger partial charge is 0.252 e. The molecule has 20 heavy (non-hydrogen) atoms. The summed E-state index contributed by atoms with van der Waals surface area (Å²) in [5, 5.41) is 2.99. The molecule has 3 N–H and O–H groups in total. The lowest BCUT2D eigenvalue weighted by molar-refractivity contribution is 0.0948. The average molecular weight is 340 g/mol. The van der Waals surface area contributed by atoms with Crippen LogP contribution in [0.1, 0.15) is 29.6 Å². The van der Waals surface area contributed by atoms with Crippen LogP contribution < -0.4 is 11.1 Å². The molecule has 0 saturated carbocycles. The van der Waals surface area contributed by atoms with Crippen molar-refractivity contribution in [1.82, 2.24) is 10.2 Å². The van der Waals surface area contributed by atoms with Gasteiger partial charge in [0.05, 0.1) is 5.56 Å². The van der Waals surface area contributed by atoms with Crippen molar-refractivity contribution in [3.05, 3.63) is 28.2 Å². The van der Waals surface area contributed by atoms with E-state index in [9.17, 15) is 4.79 Å². The molecule has 0 spiro atoms. The van der Waals surface area contributed by atoms with E-state index in [0.29, 0.717) is 11.3 Å². The van der Waals surface area contributed by atoms with Gasteiger partial charge in [-0.2, -0.15) is 0 Å². The number of anilines is 1. The van der Waals surface area contributed by atoms with Crippen molar-refractivity contribution in [2.24, 2.45) is 5.92 Å². The van der Waals surface area contributed by atoms with Gasteiger partial charge in [-0.25, -0.2) is 0 Å². The van der Waals surface area contributed by atoms with E-state index in [2.05, 4.69) is 33.2 Å². The Kier molecular flexibility index (Phi) is 5.43. The van der Waals surface area contributed by atoms with Crippen LogP contribution in [-0.4, -0.2) is 37.5 Å². The van der Waals surface area contributed by atoms with E-state index in [1.807, 2.05) is 0 Å². The van der Waals surface area contributed by atoms with E-state index in [4.69, 9.17) is 5.73 Å². The third kappa shape index (κ3) is 4.21. The quantitative estimate of drug-likeness (QED) is 0.828. The van der Waals surface area contributed by atoms with E-state index >= 15 is 0 Å². The van der Waals surface area contributed by atoms with Crippen LogP contribution in [-0.2, 0) is 0 Å². The molecule has 4 nitrogen and oxygen atoms in total. The molecular weight excluding hydrogens is 318 g/mol. The number of likely N-dealkylation sites (tertiary alicyclic amines) is 1. The zero-order valence-electron chi connectivity index (χ0n) is 11.9. The van der Waals surface area contributed by atoms with Gasteiger partial charge in [0, 0.05) is 16.7 Å². The highest BCUT2D eigenvalue weighted by molar-refractivity contribution is 9.10. The van der Waals surface area contributed by atoms with Crippen LogP contribution in [0, 0.1) is 5.92 Å². The molecular formula is C15H22BrN3O. The standard InChI is InChI=1S/C15H22BrN3O/c1-19-8-5-11(6-9-19)4-7-18-15(20)13-10-12(17)2-3-14(13)16/h2-3,10-11H,4-9,17H2,1H3,(H,18,20). The number of amides is 1. The summed E-state index contributed by atoms with van der Waals surface area (Å²) in [5.41, 5.74) is 6.93. The first-order valence-corrected chi connectivity index (χ1v) is 7.87. The van der Waals surface area contributed by atoms with Gasteiger partial charge in [-0.1, -0.05) is 0 Å².